The SMILES string of the molecule is CC(C)[C@H](N)C(=O)N(C)Cc1c(Cl)cccc1Cl. The first-order chi connectivity index (χ1) is 8.34. The van der Waals surface area contributed by atoms with Crippen LogP contribution in [0.15, 0.2) is 18.2 Å². The van der Waals surface area contributed by atoms with Crippen LogP contribution in [0.4, 0.5) is 0 Å². The molecule has 1 atom stereocenters. The van der Waals surface area contributed by atoms with E-state index in [0.717, 1.165) is 5.56 Å². The molecule has 1 amide bonds. The van der Waals surface area contributed by atoms with Crippen LogP contribution in [0.3, 0.4) is 0 Å². The lowest BCUT2D eigenvalue weighted by Gasteiger charge is -2.24. The van der Waals surface area contributed by atoms with E-state index in [1.54, 1.807) is 30.1 Å². The summed E-state index contributed by atoms with van der Waals surface area (Å²) in [5.41, 5.74) is 6.58. The van der Waals surface area contributed by atoms with E-state index < -0.39 is 6.04 Å². The Balaban J connectivity index is 2.82. The summed E-state index contributed by atoms with van der Waals surface area (Å²) in [7, 11) is 1.70. The number of carbonyl (C=O) groups is 1. The minimum Gasteiger partial charge on any atom is -0.340 e. The molecule has 0 radical (unpaired) electrons. The van der Waals surface area contributed by atoms with Gasteiger partial charge in [0.2, 0.25) is 5.91 Å². The van der Waals surface area contributed by atoms with Crippen molar-refractivity contribution in [1.29, 1.82) is 0 Å². The lowest BCUT2D eigenvalue weighted by atomic mass is 10.0. The van der Waals surface area contributed by atoms with E-state index in [2.05, 4.69) is 0 Å². The average Bonchev–Trinajstić information content (AvgIpc) is 2.31. The highest BCUT2D eigenvalue weighted by atomic mass is 35.5. The van der Waals surface area contributed by atoms with Crippen molar-refractivity contribution >= 4 is 29.1 Å². The largest absolute Gasteiger partial charge is 0.340 e. The second-order valence-electron chi connectivity index (χ2n) is 4.66. The lowest BCUT2D eigenvalue weighted by Crippen LogP contribution is -2.44. The van der Waals surface area contributed by atoms with Crippen molar-refractivity contribution in [3.8, 4) is 0 Å². The van der Waals surface area contributed by atoms with Crippen molar-refractivity contribution in [2.75, 3.05) is 7.05 Å². The Hall–Kier alpha value is -0.770. The fourth-order valence-corrected chi connectivity index (χ4v) is 2.06. The molecule has 0 saturated heterocycles. The molecular weight excluding hydrogens is 271 g/mol. The Morgan fingerprint density at radius 3 is 2.28 bits per heavy atom. The maximum Gasteiger partial charge on any atom is 0.239 e. The fourth-order valence-electron chi connectivity index (χ4n) is 1.54. The summed E-state index contributed by atoms with van der Waals surface area (Å²) < 4.78 is 0. The highest BCUT2D eigenvalue weighted by Gasteiger charge is 2.22. The number of amides is 1. The van der Waals surface area contributed by atoms with Crippen LogP contribution in [0, 0.1) is 5.92 Å². The van der Waals surface area contributed by atoms with E-state index in [9.17, 15) is 4.79 Å². The van der Waals surface area contributed by atoms with Crippen molar-refractivity contribution in [2.24, 2.45) is 11.7 Å². The van der Waals surface area contributed by atoms with Crippen molar-refractivity contribution in [1.82, 2.24) is 4.90 Å². The molecule has 0 aliphatic carbocycles. The summed E-state index contributed by atoms with van der Waals surface area (Å²) in [5, 5.41) is 1.11. The van der Waals surface area contributed by atoms with Crippen molar-refractivity contribution in [3.63, 3.8) is 0 Å². The van der Waals surface area contributed by atoms with Gasteiger partial charge in [0.1, 0.15) is 0 Å². The standard InChI is InChI=1S/C13H18Cl2N2O/c1-8(2)12(16)13(18)17(3)7-9-10(14)5-4-6-11(9)15/h4-6,8,12H,7,16H2,1-3H3/t12-/m0/s1. The third kappa shape index (κ3) is 3.61. The van der Waals surface area contributed by atoms with Crippen LogP contribution >= 0.6 is 23.2 Å². The smallest absolute Gasteiger partial charge is 0.239 e. The van der Waals surface area contributed by atoms with Crippen molar-refractivity contribution in [2.45, 2.75) is 26.4 Å². The normalized spacial score (nSPS) is 12.6. The number of carbonyl (C=O) groups excluding carboxylic acids is 1. The average molecular weight is 289 g/mol. The minimum absolute atomic E-state index is 0.0988. The monoisotopic (exact) mass is 288 g/mol. The molecule has 0 heterocycles. The molecule has 5 heteroatoms. The number of hydrogen-bond donors (Lipinski definition) is 1. The van der Waals surface area contributed by atoms with E-state index in [1.165, 1.54) is 0 Å². The topological polar surface area (TPSA) is 46.3 Å². The van der Waals surface area contributed by atoms with Crippen molar-refractivity contribution in [3.05, 3.63) is 33.8 Å². The number of hydrogen-bond acceptors (Lipinski definition) is 2. The van der Waals surface area contributed by atoms with Gasteiger partial charge in [-0.1, -0.05) is 43.1 Å². The van der Waals surface area contributed by atoms with E-state index >= 15 is 0 Å². The summed E-state index contributed by atoms with van der Waals surface area (Å²) in [6, 6.07) is 4.78. The predicted molar refractivity (Wildman–Crippen MR) is 75.7 cm³/mol. The minimum atomic E-state index is -0.503. The van der Waals surface area contributed by atoms with Gasteiger partial charge in [0.05, 0.1) is 6.04 Å². The third-order valence-electron chi connectivity index (χ3n) is 2.84. The summed E-state index contributed by atoms with van der Waals surface area (Å²) >= 11 is 12.1. The highest BCUT2D eigenvalue weighted by Crippen LogP contribution is 2.25. The summed E-state index contributed by atoms with van der Waals surface area (Å²) in [4.78, 5) is 13.6. The Morgan fingerprint density at radius 1 is 1.33 bits per heavy atom. The van der Waals surface area contributed by atoms with Gasteiger partial charge < -0.3 is 10.6 Å². The molecule has 100 valence electrons. The molecule has 0 aliphatic heterocycles. The Kier molecular flexibility index (Phi) is 5.45. The van der Waals surface area contributed by atoms with Crippen LogP contribution < -0.4 is 5.73 Å². The molecule has 2 N–H and O–H groups in total. The Morgan fingerprint density at radius 2 is 1.83 bits per heavy atom. The molecular formula is C13H18Cl2N2O. The molecule has 0 bridgehead atoms. The van der Waals surface area contributed by atoms with Gasteiger partial charge in [-0.3, -0.25) is 4.79 Å². The second-order valence-corrected chi connectivity index (χ2v) is 5.48. The summed E-state index contributed by atoms with van der Waals surface area (Å²) in [6.45, 7) is 4.19. The highest BCUT2D eigenvalue weighted by molar-refractivity contribution is 6.36. The fraction of sp³-hybridized carbons (Fsp3) is 0.462. The van der Waals surface area contributed by atoms with Crippen LogP contribution in [0.1, 0.15) is 19.4 Å². The van der Waals surface area contributed by atoms with Crippen LogP contribution in [0.5, 0.6) is 0 Å². The van der Waals surface area contributed by atoms with Crippen molar-refractivity contribution < 1.29 is 4.79 Å². The van der Waals surface area contributed by atoms with E-state index in [4.69, 9.17) is 28.9 Å². The van der Waals surface area contributed by atoms with Crippen LogP contribution in [-0.2, 0) is 11.3 Å². The number of rotatable bonds is 4. The van der Waals surface area contributed by atoms with Gasteiger partial charge in [0.15, 0.2) is 0 Å². The molecule has 0 fully saturated rings. The molecule has 0 saturated carbocycles. The Labute approximate surface area is 118 Å². The number of likely N-dealkylation sites (N-methyl/N-ethyl adjacent to an activating group) is 1. The molecule has 0 aliphatic rings. The van der Waals surface area contributed by atoms with E-state index in [1.807, 2.05) is 13.8 Å². The summed E-state index contributed by atoms with van der Waals surface area (Å²) in [5.74, 6) is -0.0114. The van der Waals surface area contributed by atoms with Gasteiger partial charge in [0, 0.05) is 29.2 Å². The van der Waals surface area contributed by atoms with Gasteiger partial charge in [-0.2, -0.15) is 0 Å². The van der Waals surface area contributed by atoms with Crippen LogP contribution in [-0.4, -0.2) is 23.9 Å². The van der Waals surface area contributed by atoms with Crippen LogP contribution in [0.2, 0.25) is 10.0 Å². The van der Waals surface area contributed by atoms with Gasteiger partial charge in [-0.15, -0.1) is 0 Å². The van der Waals surface area contributed by atoms with Gasteiger partial charge in [0.25, 0.3) is 0 Å². The van der Waals surface area contributed by atoms with E-state index in [0.29, 0.717) is 16.6 Å². The molecule has 1 aromatic carbocycles. The predicted octanol–water partition coefficient (Wildman–Crippen LogP) is 2.94. The molecule has 0 unspecified atom stereocenters. The lowest BCUT2D eigenvalue weighted by molar-refractivity contribution is -0.132. The zero-order valence-electron chi connectivity index (χ0n) is 10.8. The first kappa shape index (κ1) is 15.3. The maximum absolute atomic E-state index is 12.0. The first-order valence-corrected chi connectivity index (χ1v) is 6.53. The third-order valence-corrected chi connectivity index (χ3v) is 3.54. The number of benzene rings is 1. The Bertz CT molecular complexity index is 415. The zero-order valence-corrected chi connectivity index (χ0v) is 12.3. The summed E-state index contributed by atoms with van der Waals surface area (Å²) in [6.07, 6.45) is 0. The first-order valence-electron chi connectivity index (χ1n) is 5.78. The quantitative estimate of drug-likeness (QED) is 0.926. The molecule has 18 heavy (non-hydrogen) atoms. The molecule has 3 nitrogen and oxygen atoms in total. The van der Waals surface area contributed by atoms with E-state index in [-0.39, 0.29) is 11.8 Å². The van der Waals surface area contributed by atoms with Gasteiger partial charge in [-0.25, -0.2) is 0 Å². The molecule has 0 spiro atoms. The zero-order chi connectivity index (χ0) is 13.9. The molecule has 0 aromatic heterocycles. The van der Waals surface area contributed by atoms with Gasteiger partial charge in [-0.05, 0) is 18.1 Å². The number of nitrogens with zero attached hydrogens (tertiary/aromatic N) is 1. The second kappa shape index (κ2) is 6.41. The molecule has 1 aromatic rings. The molecule has 1 rings (SSSR count). The number of halogens is 2. The maximum atomic E-state index is 12.0. The van der Waals surface area contributed by atoms with Gasteiger partial charge >= 0.3 is 0 Å². The number of nitrogens with two attached hydrogens (primary N) is 1. The van der Waals surface area contributed by atoms with Crippen LogP contribution in [0.25, 0.3) is 0 Å².